The summed E-state index contributed by atoms with van der Waals surface area (Å²) in [4.78, 5) is 4.62. The molecule has 0 amide bonds. The van der Waals surface area contributed by atoms with E-state index in [1.165, 1.54) is 0 Å². The first-order valence-corrected chi connectivity index (χ1v) is 6.65. The van der Waals surface area contributed by atoms with Crippen LogP contribution in [0.25, 0.3) is 10.9 Å². The minimum atomic E-state index is 0.429. The summed E-state index contributed by atoms with van der Waals surface area (Å²) in [6.07, 6.45) is 0. The maximum absolute atomic E-state index is 6.43. The summed E-state index contributed by atoms with van der Waals surface area (Å²) in [6, 6.07) is 7.94. The molecular formula is C14H14ClN5. The number of halogens is 1. The first-order chi connectivity index (χ1) is 9.58. The first-order valence-electron chi connectivity index (χ1n) is 6.27. The number of nitrogen functional groups attached to an aromatic ring is 1. The van der Waals surface area contributed by atoms with Gasteiger partial charge in [-0.2, -0.15) is 0 Å². The topological polar surface area (TPSA) is 69.6 Å². The zero-order chi connectivity index (χ0) is 14.3. The Morgan fingerprint density at radius 2 is 2.00 bits per heavy atom. The van der Waals surface area contributed by atoms with Crippen molar-refractivity contribution in [3.63, 3.8) is 0 Å². The number of aromatic nitrogens is 4. The lowest BCUT2D eigenvalue weighted by Crippen LogP contribution is -2.07. The first kappa shape index (κ1) is 12.9. The molecule has 0 saturated heterocycles. The summed E-state index contributed by atoms with van der Waals surface area (Å²) >= 11 is 6.43. The van der Waals surface area contributed by atoms with Crippen molar-refractivity contribution in [2.75, 3.05) is 5.73 Å². The molecule has 2 aromatic heterocycles. The van der Waals surface area contributed by atoms with E-state index in [2.05, 4.69) is 15.3 Å². The highest BCUT2D eigenvalue weighted by molar-refractivity contribution is 6.32. The second kappa shape index (κ2) is 4.76. The summed E-state index contributed by atoms with van der Waals surface area (Å²) in [5.74, 6) is 0.429. The van der Waals surface area contributed by atoms with Gasteiger partial charge < -0.3 is 5.73 Å². The van der Waals surface area contributed by atoms with Crippen molar-refractivity contribution in [2.24, 2.45) is 0 Å². The van der Waals surface area contributed by atoms with E-state index < -0.39 is 0 Å². The van der Waals surface area contributed by atoms with Crippen molar-refractivity contribution in [2.45, 2.75) is 20.4 Å². The van der Waals surface area contributed by atoms with Gasteiger partial charge in [-0.25, -0.2) is 9.67 Å². The van der Waals surface area contributed by atoms with Crippen LogP contribution >= 0.6 is 11.6 Å². The van der Waals surface area contributed by atoms with Gasteiger partial charge in [0, 0.05) is 5.39 Å². The maximum Gasteiger partial charge on any atom is 0.168 e. The van der Waals surface area contributed by atoms with Crippen molar-refractivity contribution in [3.8, 4) is 0 Å². The van der Waals surface area contributed by atoms with E-state index in [0.717, 1.165) is 27.9 Å². The van der Waals surface area contributed by atoms with Gasteiger partial charge in [0.2, 0.25) is 0 Å². The van der Waals surface area contributed by atoms with E-state index in [4.69, 9.17) is 17.3 Å². The lowest BCUT2D eigenvalue weighted by molar-refractivity contribution is 0.624. The second-order valence-electron chi connectivity index (χ2n) is 4.73. The molecule has 2 N–H and O–H groups in total. The zero-order valence-electron chi connectivity index (χ0n) is 11.3. The Hall–Kier alpha value is -2.14. The molecule has 0 aliphatic carbocycles. The third kappa shape index (κ3) is 2.00. The Balaban J connectivity index is 2.12. The monoisotopic (exact) mass is 287 g/mol. The van der Waals surface area contributed by atoms with Crippen molar-refractivity contribution in [1.82, 2.24) is 20.0 Å². The lowest BCUT2D eigenvalue weighted by atomic mass is 10.1. The molecule has 0 unspecified atom stereocenters. The minimum absolute atomic E-state index is 0.429. The third-order valence-corrected chi connectivity index (χ3v) is 3.97. The molecule has 6 heteroatoms. The Morgan fingerprint density at radius 3 is 2.70 bits per heavy atom. The fourth-order valence-corrected chi connectivity index (χ4v) is 2.39. The van der Waals surface area contributed by atoms with Crippen LogP contribution in [0.3, 0.4) is 0 Å². The molecule has 0 bridgehead atoms. The molecule has 2 heterocycles. The average molecular weight is 288 g/mol. The number of hydrogen-bond acceptors (Lipinski definition) is 4. The lowest BCUT2D eigenvalue weighted by Gasteiger charge is -2.10. The number of rotatable bonds is 2. The standard InChI is InChI=1S/C14H14ClN5/c1-8-10-5-3-4-6-11(10)17-12(13(8)15)7-20-9(2)14(16)18-19-20/h3-6H,7,16H2,1-2H3. The predicted molar refractivity (Wildman–Crippen MR) is 79.8 cm³/mol. The van der Waals surface area contributed by atoms with Crippen molar-refractivity contribution < 1.29 is 0 Å². The molecule has 0 fully saturated rings. The van der Waals surface area contributed by atoms with Crippen LogP contribution in [0, 0.1) is 13.8 Å². The van der Waals surface area contributed by atoms with Gasteiger partial charge >= 0.3 is 0 Å². The minimum Gasteiger partial charge on any atom is -0.381 e. The predicted octanol–water partition coefficient (Wildman–Crippen LogP) is 2.73. The van der Waals surface area contributed by atoms with E-state index in [1.807, 2.05) is 38.1 Å². The van der Waals surface area contributed by atoms with Crippen molar-refractivity contribution in [3.05, 3.63) is 46.2 Å². The van der Waals surface area contributed by atoms with E-state index in [0.29, 0.717) is 17.4 Å². The molecule has 5 nitrogen and oxygen atoms in total. The second-order valence-corrected chi connectivity index (χ2v) is 5.11. The maximum atomic E-state index is 6.43. The molecule has 1 aromatic carbocycles. The van der Waals surface area contributed by atoms with Gasteiger partial charge in [-0.05, 0) is 25.5 Å². The van der Waals surface area contributed by atoms with Gasteiger partial charge in [0.25, 0.3) is 0 Å². The van der Waals surface area contributed by atoms with E-state index in [1.54, 1.807) is 4.68 Å². The van der Waals surface area contributed by atoms with Crippen LogP contribution < -0.4 is 5.73 Å². The van der Waals surface area contributed by atoms with Crippen LogP contribution in [0.4, 0.5) is 5.82 Å². The van der Waals surface area contributed by atoms with Crippen LogP contribution in [-0.4, -0.2) is 20.0 Å². The molecular weight excluding hydrogens is 274 g/mol. The quantitative estimate of drug-likeness (QED) is 0.787. The normalized spacial score (nSPS) is 11.2. The molecule has 0 aliphatic rings. The number of nitrogens with zero attached hydrogens (tertiary/aromatic N) is 4. The third-order valence-electron chi connectivity index (χ3n) is 3.46. The van der Waals surface area contributed by atoms with Gasteiger partial charge in [-0.3, -0.25) is 0 Å². The number of anilines is 1. The summed E-state index contributed by atoms with van der Waals surface area (Å²) in [7, 11) is 0. The van der Waals surface area contributed by atoms with Gasteiger partial charge in [0.05, 0.1) is 28.5 Å². The molecule has 3 aromatic rings. The van der Waals surface area contributed by atoms with Crippen LogP contribution in [0.5, 0.6) is 0 Å². The molecule has 20 heavy (non-hydrogen) atoms. The Kier molecular flexibility index (Phi) is 3.06. The Labute approximate surface area is 121 Å². The largest absolute Gasteiger partial charge is 0.381 e. The van der Waals surface area contributed by atoms with E-state index in [9.17, 15) is 0 Å². The number of para-hydroxylation sites is 1. The Bertz CT molecular complexity index is 794. The summed E-state index contributed by atoms with van der Waals surface area (Å²) in [5, 5.41) is 9.58. The smallest absolute Gasteiger partial charge is 0.168 e. The SMILES string of the molecule is Cc1c(Cl)c(Cn2nnc(N)c2C)nc2ccccc12. The Morgan fingerprint density at radius 1 is 1.25 bits per heavy atom. The van der Waals surface area contributed by atoms with Gasteiger partial charge in [-0.1, -0.05) is 35.0 Å². The van der Waals surface area contributed by atoms with Crippen LogP contribution in [0.15, 0.2) is 24.3 Å². The fraction of sp³-hybridized carbons (Fsp3) is 0.214. The number of aryl methyl sites for hydroxylation is 1. The van der Waals surface area contributed by atoms with Gasteiger partial charge in [-0.15, -0.1) is 5.10 Å². The van der Waals surface area contributed by atoms with E-state index >= 15 is 0 Å². The average Bonchev–Trinajstić information content (AvgIpc) is 2.76. The van der Waals surface area contributed by atoms with Crippen LogP contribution in [0.1, 0.15) is 17.0 Å². The summed E-state index contributed by atoms with van der Waals surface area (Å²) < 4.78 is 1.71. The molecule has 0 radical (unpaired) electrons. The summed E-state index contributed by atoms with van der Waals surface area (Å²) in [5.41, 5.74) is 9.24. The zero-order valence-corrected chi connectivity index (χ0v) is 12.0. The number of benzene rings is 1. The molecule has 0 spiro atoms. The number of fused-ring (bicyclic) bond motifs is 1. The molecule has 0 atom stereocenters. The van der Waals surface area contributed by atoms with E-state index in [-0.39, 0.29) is 0 Å². The van der Waals surface area contributed by atoms with Gasteiger partial charge in [0.15, 0.2) is 5.82 Å². The number of nitrogens with two attached hydrogens (primary N) is 1. The van der Waals surface area contributed by atoms with Crippen LogP contribution in [-0.2, 0) is 6.54 Å². The molecule has 0 saturated carbocycles. The molecule has 102 valence electrons. The fourth-order valence-electron chi connectivity index (χ4n) is 2.19. The highest BCUT2D eigenvalue weighted by Gasteiger charge is 2.13. The van der Waals surface area contributed by atoms with Gasteiger partial charge in [0.1, 0.15) is 0 Å². The number of pyridine rings is 1. The molecule has 3 rings (SSSR count). The number of hydrogen-bond donors (Lipinski definition) is 1. The highest BCUT2D eigenvalue weighted by Crippen LogP contribution is 2.27. The summed E-state index contributed by atoms with van der Waals surface area (Å²) in [6.45, 7) is 4.33. The molecule has 0 aliphatic heterocycles. The highest BCUT2D eigenvalue weighted by atomic mass is 35.5. The van der Waals surface area contributed by atoms with Crippen molar-refractivity contribution in [1.29, 1.82) is 0 Å². The van der Waals surface area contributed by atoms with Crippen molar-refractivity contribution >= 4 is 28.3 Å². The van der Waals surface area contributed by atoms with Crippen LogP contribution in [0.2, 0.25) is 5.02 Å².